The highest BCUT2D eigenvalue weighted by Gasteiger charge is 2.30. The molecule has 11 nitrogen and oxygen atoms in total. The molecule has 3 heterocycles. The molecular weight excluding hydrogens is 515 g/mol. The molecule has 0 radical (unpaired) electrons. The van der Waals surface area contributed by atoms with Crippen LogP contribution in [0.15, 0.2) is 43.0 Å². The van der Waals surface area contributed by atoms with Gasteiger partial charge in [-0.15, -0.1) is 0 Å². The smallest absolute Gasteiger partial charge is 0.256 e. The number of carbonyl (C=O) groups excluding carboxylic acids is 1. The van der Waals surface area contributed by atoms with Gasteiger partial charge in [0.25, 0.3) is 8.53 Å². The summed E-state index contributed by atoms with van der Waals surface area (Å²) in [4.78, 5) is 24.9. The van der Waals surface area contributed by atoms with Crippen LogP contribution in [0.5, 0.6) is 0 Å². The molecule has 2 unspecified atom stereocenters. The Labute approximate surface area is 221 Å². The van der Waals surface area contributed by atoms with E-state index in [2.05, 4.69) is 20.0 Å². The highest BCUT2D eigenvalue weighted by molar-refractivity contribution is 8.13. The topological polar surface area (TPSA) is 147 Å². The van der Waals surface area contributed by atoms with Gasteiger partial charge in [-0.1, -0.05) is 42.1 Å². The lowest BCUT2D eigenvalue weighted by molar-refractivity contribution is -0.119. The summed E-state index contributed by atoms with van der Waals surface area (Å²) in [5.41, 5.74) is 7.45. The predicted octanol–water partition coefficient (Wildman–Crippen LogP) is 3.41. The zero-order valence-electron chi connectivity index (χ0n) is 20.9. The number of hydrogen-bond donors (Lipinski definition) is 3. The van der Waals surface area contributed by atoms with Crippen LogP contribution in [0.25, 0.3) is 11.2 Å². The van der Waals surface area contributed by atoms with Crippen molar-refractivity contribution in [1.29, 1.82) is 0 Å². The van der Waals surface area contributed by atoms with E-state index >= 15 is 0 Å². The lowest BCUT2D eigenvalue weighted by Crippen LogP contribution is -2.26. The van der Waals surface area contributed by atoms with Gasteiger partial charge in [0.2, 0.25) is 0 Å². The van der Waals surface area contributed by atoms with Crippen LogP contribution < -0.4 is 10.8 Å². The van der Waals surface area contributed by atoms with Crippen molar-refractivity contribution in [3.63, 3.8) is 0 Å². The van der Waals surface area contributed by atoms with E-state index in [-0.39, 0.29) is 24.1 Å². The number of benzene rings is 1. The van der Waals surface area contributed by atoms with Crippen LogP contribution in [0.2, 0.25) is 0 Å². The molecule has 37 heavy (non-hydrogen) atoms. The lowest BCUT2D eigenvalue weighted by Gasteiger charge is -2.22. The molecule has 13 heteroatoms. The predicted molar refractivity (Wildman–Crippen MR) is 143 cm³/mol. The SMILES string of the molecule is CC(C)(CO)C(=O)SCCOP(NCc1ccccc1)OC[C@H]1CCC(n2cnc3c(N)ncnc32)O1. The van der Waals surface area contributed by atoms with Crippen molar-refractivity contribution >= 4 is 42.4 Å². The fourth-order valence-electron chi connectivity index (χ4n) is 3.64. The molecule has 2 aromatic heterocycles. The highest BCUT2D eigenvalue weighted by Crippen LogP contribution is 2.38. The van der Waals surface area contributed by atoms with E-state index in [4.69, 9.17) is 19.5 Å². The fraction of sp³-hybridized carbons (Fsp3) is 0.500. The molecule has 0 saturated carbocycles. The highest BCUT2D eigenvalue weighted by atomic mass is 32.2. The van der Waals surface area contributed by atoms with Crippen LogP contribution in [0, 0.1) is 5.41 Å². The molecule has 1 aromatic carbocycles. The van der Waals surface area contributed by atoms with Gasteiger partial charge in [0.15, 0.2) is 16.6 Å². The number of aromatic nitrogens is 4. The normalized spacial score (nSPS) is 18.9. The van der Waals surface area contributed by atoms with E-state index in [1.54, 1.807) is 20.2 Å². The Morgan fingerprint density at radius 1 is 1.27 bits per heavy atom. The standard InChI is InChI=1S/C24H33N6O5PS/c1-24(2,14-31)23(32)37-11-10-33-36(29-12-17-6-4-3-5-7-17)34-13-18-8-9-19(35-18)30-16-28-20-21(25)26-15-27-22(20)30/h3-7,15-16,18-19,29,31H,8-14H2,1-2H3,(H2,25,26,27)/t18-,19?,36?/m1/s1. The van der Waals surface area contributed by atoms with Crippen molar-refractivity contribution in [2.24, 2.45) is 5.41 Å². The zero-order valence-corrected chi connectivity index (χ0v) is 22.7. The van der Waals surface area contributed by atoms with Crippen molar-refractivity contribution < 1.29 is 23.7 Å². The molecule has 4 N–H and O–H groups in total. The molecule has 1 aliphatic heterocycles. The van der Waals surface area contributed by atoms with Crippen molar-refractivity contribution in [2.45, 2.75) is 45.6 Å². The Morgan fingerprint density at radius 3 is 2.86 bits per heavy atom. The number of nitrogens with two attached hydrogens (primary N) is 1. The summed E-state index contributed by atoms with van der Waals surface area (Å²) < 4.78 is 20.2. The number of aliphatic hydroxyl groups excluding tert-OH is 1. The van der Waals surface area contributed by atoms with Gasteiger partial charge in [-0.25, -0.2) is 20.0 Å². The number of ether oxygens (including phenoxy) is 1. The van der Waals surface area contributed by atoms with Gasteiger partial charge in [-0.2, -0.15) is 0 Å². The molecule has 1 saturated heterocycles. The van der Waals surface area contributed by atoms with Crippen molar-refractivity contribution in [3.05, 3.63) is 48.5 Å². The zero-order chi connectivity index (χ0) is 26.3. The van der Waals surface area contributed by atoms with Crippen LogP contribution >= 0.6 is 20.3 Å². The van der Waals surface area contributed by atoms with Crippen LogP contribution in [0.3, 0.4) is 0 Å². The average Bonchev–Trinajstić information content (AvgIpc) is 3.56. The number of aliphatic hydroxyl groups is 1. The van der Waals surface area contributed by atoms with Crippen molar-refractivity contribution in [1.82, 2.24) is 24.6 Å². The minimum atomic E-state index is -1.42. The number of nitrogen functional groups attached to an aromatic ring is 1. The van der Waals surface area contributed by atoms with Gasteiger partial charge in [-0.05, 0) is 32.3 Å². The molecule has 3 aromatic rings. The summed E-state index contributed by atoms with van der Waals surface area (Å²) in [7, 11) is -1.42. The van der Waals surface area contributed by atoms with E-state index in [1.165, 1.54) is 6.33 Å². The summed E-state index contributed by atoms with van der Waals surface area (Å²) in [5.74, 6) is 0.812. The number of nitrogens with zero attached hydrogens (tertiary/aromatic N) is 4. The van der Waals surface area contributed by atoms with Gasteiger partial charge in [0.05, 0.1) is 37.7 Å². The molecule has 0 spiro atoms. The van der Waals surface area contributed by atoms with Gasteiger partial charge in [0, 0.05) is 12.3 Å². The monoisotopic (exact) mass is 548 g/mol. The first-order valence-electron chi connectivity index (χ1n) is 12.1. The number of fused-ring (bicyclic) bond motifs is 1. The third-order valence-corrected chi connectivity index (χ3v) is 8.29. The van der Waals surface area contributed by atoms with E-state index in [0.29, 0.717) is 42.5 Å². The van der Waals surface area contributed by atoms with E-state index in [1.807, 2.05) is 34.9 Å². The van der Waals surface area contributed by atoms with E-state index < -0.39 is 13.9 Å². The van der Waals surface area contributed by atoms with Gasteiger partial charge < -0.3 is 24.6 Å². The van der Waals surface area contributed by atoms with Crippen LogP contribution in [-0.2, 0) is 25.1 Å². The summed E-state index contributed by atoms with van der Waals surface area (Å²) in [5, 5.41) is 12.7. The maximum atomic E-state index is 12.2. The number of imidazole rings is 1. The second-order valence-electron chi connectivity index (χ2n) is 9.26. The largest absolute Gasteiger partial charge is 0.395 e. The Morgan fingerprint density at radius 2 is 2.08 bits per heavy atom. The van der Waals surface area contributed by atoms with Crippen molar-refractivity contribution in [2.75, 3.05) is 31.3 Å². The summed E-state index contributed by atoms with van der Waals surface area (Å²) in [6.45, 7) is 4.55. The van der Waals surface area contributed by atoms with Crippen LogP contribution in [0.4, 0.5) is 5.82 Å². The third kappa shape index (κ3) is 7.44. The Kier molecular flexibility index (Phi) is 9.83. The Balaban J connectivity index is 1.29. The molecule has 3 atom stereocenters. The number of nitrogens with one attached hydrogen (secondary N) is 1. The maximum absolute atomic E-state index is 12.2. The summed E-state index contributed by atoms with van der Waals surface area (Å²) in [6, 6.07) is 10.00. The first-order chi connectivity index (χ1) is 17.9. The van der Waals surface area contributed by atoms with E-state index in [9.17, 15) is 9.90 Å². The first-order valence-corrected chi connectivity index (χ1v) is 14.2. The van der Waals surface area contributed by atoms with Gasteiger partial charge >= 0.3 is 0 Å². The average molecular weight is 549 g/mol. The van der Waals surface area contributed by atoms with Crippen LogP contribution in [0.1, 0.15) is 38.5 Å². The minimum Gasteiger partial charge on any atom is -0.395 e. The quantitative estimate of drug-likeness (QED) is 0.213. The first kappa shape index (κ1) is 27.8. The Bertz CT molecular complexity index is 1170. The molecule has 0 amide bonds. The minimum absolute atomic E-state index is 0.0643. The number of rotatable bonds is 13. The summed E-state index contributed by atoms with van der Waals surface area (Å²) >= 11 is 1.16. The van der Waals surface area contributed by atoms with Crippen LogP contribution in [-0.4, -0.2) is 61.4 Å². The number of hydrogen-bond acceptors (Lipinski definition) is 11. The molecular formula is C24H33N6O5PS. The lowest BCUT2D eigenvalue weighted by atomic mass is 9.97. The number of anilines is 1. The second-order valence-corrected chi connectivity index (χ2v) is 11.7. The van der Waals surface area contributed by atoms with Gasteiger partial charge in [-0.3, -0.25) is 9.36 Å². The maximum Gasteiger partial charge on any atom is 0.256 e. The number of carbonyl (C=O) groups is 1. The van der Waals surface area contributed by atoms with Gasteiger partial charge in [0.1, 0.15) is 18.1 Å². The molecule has 1 fully saturated rings. The Hall–Kier alpha value is -2.18. The second kappa shape index (κ2) is 13.1. The van der Waals surface area contributed by atoms with E-state index in [0.717, 1.165) is 30.2 Å². The fourth-order valence-corrected chi connectivity index (χ4v) is 5.70. The number of thioether (sulfide) groups is 1. The molecule has 1 aliphatic rings. The summed E-state index contributed by atoms with van der Waals surface area (Å²) in [6.07, 6.45) is 4.37. The van der Waals surface area contributed by atoms with Crippen molar-refractivity contribution in [3.8, 4) is 0 Å². The molecule has 200 valence electrons. The molecule has 4 rings (SSSR count). The third-order valence-electron chi connectivity index (χ3n) is 5.89. The molecule has 0 aliphatic carbocycles. The molecule has 0 bridgehead atoms.